The van der Waals surface area contributed by atoms with Crippen LogP contribution in [-0.2, 0) is 30.5 Å². The highest BCUT2D eigenvalue weighted by Gasteiger charge is 2.51. The number of carboxylic acid groups (broad SMARTS) is 1. The largest absolute Gasteiger partial charge is 0.480 e. The van der Waals surface area contributed by atoms with Crippen molar-refractivity contribution in [1.29, 1.82) is 0 Å². The molecule has 1 fully saturated rings. The van der Waals surface area contributed by atoms with E-state index < -0.39 is 35.2 Å². The number of carboxylic acids is 1. The molecule has 0 bridgehead atoms. The highest BCUT2D eigenvalue weighted by molar-refractivity contribution is 6.05. The third-order valence-electron chi connectivity index (χ3n) is 6.63. The topological polar surface area (TPSA) is 131 Å². The highest BCUT2D eigenvalue weighted by Crippen LogP contribution is 2.41. The Morgan fingerprint density at radius 2 is 1.54 bits per heavy atom. The number of hydrogen-bond donors (Lipinski definition) is 3. The number of rotatable bonds is 12. The molecule has 0 saturated heterocycles. The molecule has 1 atom stereocenters. The standard InChI is InChI=1S/C30H30N2O7/c33-26(38-20-21-9-3-1-4-10-21)16-15-25(32-28(35)30(29(36)37)17-8-18-30)27(34)31-22-11-7-14-24(19-22)39-23-12-5-2-6-13-23/h1-7,9-14,19,25H,8,15-18,20H2,(H,31,34)(H,32,35)(H,36,37). The first-order valence-corrected chi connectivity index (χ1v) is 12.7. The first-order chi connectivity index (χ1) is 18.9. The molecule has 1 aliphatic carbocycles. The van der Waals surface area contributed by atoms with Crippen molar-refractivity contribution in [2.75, 3.05) is 5.32 Å². The quantitative estimate of drug-likeness (QED) is 0.229. The van der Waals surface area contributed by atoms with Gasteiger partial charge in [-0.25, -0.2) is 0 Å². The second-order valence-corrected chi connectivity index (χ2v) is 9.38. The van der Waals surface area contributed by atoms with E-state index >= 15 is 0 Å². The lowest BCUT2D eigenvalue weighted by Gasteiger charge is -2.36. The van der Waals surface area contributed by atoms with Gasteiger partial charge in [-0.1, -0.05) is 61.0 Å². The second-order valence-electron chi connectivity index (χ2n) is 9.38. The van der Waals surface area contributed by atoms with Crippen LogP contribution >= 0.6 is 0 Å². The monoisotopic (exact) mass is 530 g/mol. The summed E-state index contributed by atoms with van der Waals surface area (Å²) >= 11 is 0. The Labute approximate surface area is 226 Å². The van der Waals surface area contributed by atoms with E-state index in [4.69, 9.17) is 9.47 Å². The predicted octanol–water partition coefficient (Wildman–Crippen LogP) is 4.68. The molecule has 39 heavy (non-hydrogen) atoms. The van der Waals surface area contributed by atoms with E-state index in [1.165, 1.54) is 0 Å². The van der Waals surface area contributed by atoms with Gasteiger partial charge in [-0.05, 0) is 49.1 Å². The van der Waals surface area contributed by atoms with E-state index in [1.54, 1.807) is 36.4 Å². The molecule has 3 aromatic rings. The van der Waals surface area contributed by atoms with E-state index in [0.29, 0.717) is 23.6 Å². The lowest BCUT2D eigenvalue weighted by Crippen LogP contribution is -2.55. The van der Waals surface area contributed by atoms with Gasteiger partial charge in [-0.15, -0.1) is 0 Å². The molecule has 0 aromatic heterocycles. The van der Waals surface area contributed by atoms with Crippen molar-refractivity contribution in [1.82, 2.24) is 5.32 Å². The Bertz CT molecular complexity index is 1310. The summed E-state index contributed by atoms with van der Waals surface area (Å²) in [6.07, 6.45) is 0.779. The highest BCUT2D eigenvalue weighted by atomic mass is 16.5. The van der Waals surface area contributed by atoms with Crippen molar-refractivity contribution in [3.8, 4) is 11.5 Å². The number of carbonyl (C=O) groups is 4. The van der Waals surface area contributed by atoms with Gasteiger partial charge in [0.15, 0.2) is 0 Å². The fourth-order valence-corrected chi connectivity index (χ4v) is 4.20. The van der Waals surface area contributed by atoms with Crippen LogP contribution in [0.4, 0.5) is 5.69 Å². The lowest BCUT2D eigenvalue weighted by molar-refractivity contribution is -0.163. The summed E-state index contributed by atoms with van der Waals surface area (Å²) in [6.45, 7) is 0.0826. The average Bonchev–Trinajstić information content (AvgIpc) is 2.90. The third-order valence-corrected chi connectivity index (χ3v) is 6.63. The van der Waals surface area contributed by atoms with E-state index in [1.807, 2.05) is 48.5 Å². The van der Waals surface area contributed by atoms with Crippen LogP contribution in [0.25, 0.3) is 0 Å². The minimum Gasteiger partial charge on any atom is -0.480 e. The second kappa shape index (κ2) is 12.7. The zero-order chi connectivity index (χ0) is 27.7. The number of esters is 1. The number of benzene rings is 3. The molecular weight excluding hydrogens is 500 g/mol. The third kappa shape index (κ3) is 7.22. The van der Waals surface area contributed by atoms with Gasteiger partial charge in [0, 0.05) is 18.2 Å². The van der Waals surface area contributed by atoms with Crippen LogP contribution in [0.2, 0.25) is 0 Å². The Morgan fingerprint density at radius 1 is 0.872 bits per heavy atom. The number of carbonyl (C=O) groups excluding carboxylic acids is 3. The van der Waals surface area contributed by atoms with Gasteiger partial charge in [0.05, 0.1) is 0 Å². The molecule has 2 amide bonds. The normalized spacial score (nSPS) is 14.3. The zero-order valence-electron chi connectivity index (χ0n) is 21.3. The van der Waals surface area contributed by atoms with Crippen LogP contribution < -0.4 is 15.4 Å². The van der Waals surface area contributed by atoms with E-state index in [0.717, 1.165) is 5.56 Å². The fraction of sp³-hybridized carbons (Fsp3) is 0.267. The van der Waals surface area contributed by atoms with Gasteiger partial charge in [0.25, 0.3) is 0 Å². The van der Waals surface area contributed by atoms with E-state index in [9.17, 15) is 24.3 Å². The summed E-state index contributed by atoms with van der Waals surface area (Å²) in [7, 11) is 0. The van der Waals surface area contributed by atoms with Crippen LogP contribution in [0.3, 0.4) is 0 Å². The number of para-hydroxylation sites is 1. The minimum atomic E-state index is -1.56. The maximum absolute atomic E-state index is 13.2. The molecule has 1 aliphatic rings. The summed E-state index contributed by atoms with van der Waals surface area (Å²) in [5.74, 6) is -1.97. The van der Waals surface area contributed by atoms with Crippen LogP contribution in [-0.4, -0.2) is 34.9 Å². The van der Waals surface area contributed by atoms with Gasteiger partial charge in [-0.2, -0.15) is 0 Å². The summed E-state index contributed by atoms with van der Waals surface area (Å²) in [6, 6.07) is 23.9. The number of ether oxygens (including phenoxy) is 2. The molecule has 1 unspecified atom stereocenters. The van der Waals surface area contributed by atoms with Gasteiger partial charge in [-0.3, -0.25) is 19.2 Å². The first-order valence-electron chi connectivity index (χ1n) is 12.7. The molecule has 9 heteroatoms. The Balaban J connectivity index is 1.42. The van der Waals surface area contributed by atoms with Crippen LogP contribution in [0.1, 0.15) is 37.7 Å². The predicted molar refractivity (Wildman–Crippen MR) is 143 cm³/mol. The van der Waals surface area contributed by atoms with Crippen molar-refractivity contribution in [2.45, 2.75) is 44.8 Å². The number of aliphatic carboxylic acids is 1. The van der Waals surface area contributed by atoms with Crippen molar-refractivity contribution in [3.05, 3.63) is 90.5 Å². The molecule has 0 aliphatic heterocycles. The molecule has 3 aromatic carbocycles. The van der Waals surface area contributed by atoms with E-state index in [2.05, 4.69) is 10.6 Å². The van der Waals surface area contributed by atoms with Gasteiger partial charge < -0.3 is 25.2 Å². The lowest BCUT2D eigenvalue weighted by atomic mass is 9.68. The van der Waals surface area contributed by atoms with Gasteiger partial charge in [0.1, 0.15) is 29.6 Å². The summed E-state index contributed by atoms with van der Waals surface area (Å²) in [5, 5.41) is 15.0. The molecule has 202 valence electrons. The van der Waals surface area contributed by atoms with Crippen molar-refractivity contribution in [2.24, 2.45) is 5.41 Å². The maximum atomic E-state index is 13.2. The van der Waals surface area contributed by atoms with Crippen molar-refractivity contribution >= 4 is 29.4 Å². The Kier molecular flexibility index (Phi) is 8.94. The zero-order valence-corrected chi connectivity index (χ0v) is 21.3. The maximum Gasteiger partial charge on any atom is 0.319 e. The van der Waals surface area contributed by atoms with Gasteiger partial charge in [0.2, 0.25) is 11.8 Å². The molecule has 9 nitrogen and oxygen atoms in total. The van der Waals surface area contributed by atoms with Crippen molar-refractivity contribution < 1.29 is 33.8 Å². The van der Waals surface area contributed by atoms with Crippen molar-refractivity contribution in [3.63, 3.8) is 0 Å². The summed E-state index contributed by atoms with van der Waals surface area (Å²) in [5.41, 5.74) is -0.328. The molecule has 3 N–H and O–H groups in total. The number of amides is 2. The fourth-order valence-electron chi connectivity index (χ4n) is 4.20. The smallest absolute Gasteiger partial charge is 0.319 e. The Morgan fingerprint density at radius 3 is 2.18 bits per heavy atom. The van der Waals surface area contributed by atoms with E-state index in [-0.39, 0.29) is 32.3 Å². The van der Waals surface area contributed by atoms with Gasteiger partial charge >= 0.3 is 11.9 Å². The first kappa shape index (κ1) is 27.4. The molecule has 4 rings (SSSR count). The molecule has 0 heterocycles. The van der Waals surface area contributed by atoms with Crippen LogP contribution in [0.15, 0.2) is 84.9 Å². The van der Waals surface area contributed by atoms with Crippen LogP contribution in [0.5, 0.6) is 11.5 Å². The molecule has 0 spiro atoms. The average molecular weight is 531 g/mol. The summed E-state index contributed by atoms with van der Waals surface area (Å²) < 4.78 is 11.1. The minimum absolute atomic E-state index is 0.0684. The summed E-state index contributed by atoms with van der Waals surface area (Å²) in [4.78, 5) is 50.4. The number of anilines is 1. The Hall–Kier alpha value is -4.66. The molecule has 1 saturated carbocycles. The number of hydrogen-bond acceptors (Lipinski definition) is 6. The SMILES string of the molecule is O=C(CCC(NC(=O)C1(C(=O)O)CCC1)C(=O)Nc1cccc(Oc2ccccc2)c1)OCc1ccccc1. The molecule has 0 radical (unpaired) electrons. The molecular formula is C30H30N2O7. The van der Waals surface area contributed by atoms with Crippen LogP contribution in [0, 0.1) is 5.41 Å². The number of nitrogens with one attached hydrogen (secondary N) is 2.